The van der Waals surface area contributed by atoms with Gasteiger partial charge in [0.05, 0.1) is 25.1 Å². The first-order valence-corrected chi connectivity index (χ1v) is 8.99. The molecule has 0 bridgehead atoms. The molecule has 1 amide bonds. The quantitative estimate of drug-likeness (QED) is 0.787. The maximum absolute atomic E-state index is 12.4. The highest BCUT2D eigenvalue weighted by Gasteiger charge is 2.33. The molecule has 1 aliphatic heterocycles. The lowest BCUT2D eigenvalue weighted by atomic mass is 9.71. The van der Waals surface area contributed by atoms with E-state index in [9.17, 15) is 4.79 Å². The van der Waals surface area contributed by atoms with Crippen LogP contribution in [0, 0.1) is 5.41 Å². The van der Waals surface area contributed by atoms with Gasteiger partial charge in [0.15, 0.2) is 0 Å². The third-order valence-corrected chi connectivity index (χ3v) is 5.27. The van der Waals surface area contributed by atoms with Gasteiger partial charge in [0.25, 0.3) is 0 Å². The Bertz CT molecular complexity index is 545. The summed E-state index contributed by atoms with van der Waals surface area (Å²) in [6.45, 7) is 3.85. The molecule has 1 aromatic heterocycles. The Balaban J connectivity index is 0.00000169. The van der Waals surface area contributed by atoms with Crippen molar-refractivity contribution < 1.29 is 9.53 Å². The lowest BCUT2D eigenvalue weighted by molar-refractivity contribution is -0.118. The normalized spacial score (nSPS) is 19.0. The number of pyridine rings is 1. The summed E-state index contributed by atoms with van der Waals surface area (Å²) >= 11 is 0. The van der Waals surface area contributed by atoms with Crippen LogP contribution in [0.3, 0.4) is 0 Å². The fourth-order valence-electron chi connectivity index (χ4n) is 3.75. The highest BCUT2D eigenvalue weighted by atomic mass is 35.5. The van der Waals surface area contributed by atoms with Crippen molar-refractivity contribution in [2.24, 2.45) is 11.1 Å². The Labute approximate surface area is 168 Å². The predicted molar refractivity (Wildman–Crippen MR) is 110 cm³/mol. The molecule has 0 atom stereocenters. The van der Waals surface area contributed by atoms with E-state index < -0.39 is 0 Å². The van der Waals surface area contributed by atoms with Gasteiger partial charge in [-0.15, -0.1) is 24.8 Å². The molecule has 1 saturated heterocycles. The second-order valence-electron chi connectivity index (χ2n) is 6.99. The third kappa shape index (κ3) is 5.98. The number of hydrogen-bond donors (Lipinski definition) is 2. The van der Waals surface area contributed by atoms with Gasteiger partial charge in [-0.3, -0.25) is 4.79 Å². The van der Waals surface area contributed by atoms with Gasteiger partial charge in [0.2, 0.25) is 5.91 Å². The largest absolute Gasteiger partial charge is 0.378 e. The number of morpholine rings is 1. The number of carbonyl (C=O) groups is 1. The molecule has 0 unspecified atom stereocenters. The van der Waals surface area contributed by atoms with Crippen molar-refractivity contribution in [3.63, 3.8) is 0 Å². The fraction of sp³-hybridized carbons (Fsp3) is 0.667. The molecule has 6 nitrogen and oxygen atoms in total. The van der Waals surface area contributed by atoms with Crippen LogP contribution in [0.25, 0.3) is 0 Å². The molecule has 2 aliphatic rings. The lowest BCUT2D eigenvalue weighted by Crippen LogP contribution is -2.37. The molecule has 148 valence electrons. The van der Waals surface area contributed by atoms with E-state index in [-0.39, 0.29) is 36.1 Å². The standard InChI is InChI=1S/C18H28N4O2.2ClH/c19-14-18(6-2-1-3-7-18)12-17(23)21-16-5-4-15(13-20-16)22-8-10-24-11-9-22;;/h4-5,13H,1-3,6-12,14,19H2,(H,20,21,23);2*1H. The SMILES string of the molecule is Cl.Cl.NCC1(CC(=O)Nc2ccc(N3CCOCC3)cn2)CCCCC1. The van der Waals surface area contributed by atoms with Crippen LogP contribution < -0.4 is 16.0 Å². The molecule has 26 heavy (non-hydrogen) atoms. The van der Waals surface area contributed by atoms with Crippen molar-refractivity contribution >= 4 is 42.2 Å². The van der Waals surface area contributed by atoms with Gasteiger partial charge in [-0.1, -0.05) is 19.3 Å². The Morgan fingerprint density at radius 1 is 1.19 bits per heavy atom. The van der Waals surface area contributed by atoms with Gasteiger partial charge in [-0.25, -0.2) is 4.98 Å². The first kappa shape index (κ1) is 23.0. The third-order valence-electron chi connectivity index (χ3n) is 5.27. The zero-order valence-electron chi connectivity index (χ0n) is 15.1. The number of anilines is 2. The minimum atomic E-state index is -0.0178. The zero-order valence-corrected chi connectivity index (χ0v) is 16.7. The second kappa shape index (κ2) is 10.9. The van der Waals surface area contributed by atoms with Gasteiger partial charge in [0, 0.05) is 19.5 Å². The molecule has 8 heteroatoms. The van der Waals surface area contributed by atoms with Crippen LogP contribution in [-0.4, -0.2) is 43.7 Å². The molecule has 1 aromatic rings. The van der Waals surface area contributed by atoms with Crippen LogP contribution in [0.1, 0.15) is 38.5 Å². The number of nitrogens with two attached hydrogens (primary N) is 1. The highest BCUT2D eigenvalue weighted by Crippen LogP contribution is 2.38. The van der Waals surface area contributed by atoms with Gasteiger partial charge in [-0.05, 0) is 36.9 Å². The maximum atomic E-state index is 12.4. The summed E-state index contributed by atoms with van der Waals surface area (Å²) in [6, 6.07) is 3.88. The summed E-state index contributed by atoms with van der Waals surface area (Å²) in [5.41, 5.74) is 7.02. The molecule has 1 aliphatic carbocycles. The summed E-state index contributed by atoms with van der Waals surface area (Å²) < 4.78 is 5.36. The van der Waals surface area contributed by atoms with E-state index in [1.807, 2.05) is 18.3 Å². The van der Waals surface area contributed by atoms with Crippen LogP contribution in [0.4, 0.5) is 11.5 Å². The van der Waals surface area contributed by atoms with Crippen molar-refractivity contribution in [2.75, 3.05) is 43.1 Å². The highest BCUT2D eigenvalue weighted by molar-refractivity contribution is 5.90. The number of ether oxygens (including phenoxy) is 1. The molecule has 0 radical (unpaired) electrons. The number of aromatic nitrogens is 1. The molecular weight excluding hydrogens is 375 g/mol. The summed E-state index contributed by atoms with van der Waals surface area (Å²) in [6.07, 6.45) is 8.04. The molecule has 2 heterocycles. The number of nitrogens with one attached hydrogen (secondary N) is 1. The topological polar surface area (TPSA) is 80.5 Å². The van der Waals surface area contributed by atoms with E-state index in [1.165, 1.54) is 19.3 Å². The Hall–Kier alpha value is -1.08. The van der Waals surface area contributed by atoms with Crippen molar-refractivity contribution in [3.05, 3.63) is 18.3 Å². The van der Waals surface area contributed by atoms with E-state index in [1.54, 1.807) is 0 Å². The second-order valence-corrected chi connectivity index (χ2v) is 6.99. The Morgan fingerprint density at radius 2 is 1.88 bits per heavy atom. The van der Waals surface area contributed by atoms with Crippen LogP contribution in [0.15, 0.2) is 18.3 Å². The molecule has 0 spiro atoms. The van der Waals surface area contributed by atoms with Crippen LogP contribution in [-0.2, 0) is 9.53 Å². The molecule has 2 fully saturated rings. The number of amides is 1. The number of halogens is 2. The van der Waals surface area contributed by atoms with E-state index in [4.69, 9.17) is 10.5 Å². The molecule has 3 rings (SSSR count). The van der Waals surface area contributed by atoms with Crippen LogP contribution in [0.2, 0.25) is 0 Å². The lowest BCUT2D eigenvalue weighted by Gasteiger charge is -2.35. The van der Waals surface area contributed by atoms with Crippen LogP contribution >= 0.6 is 24.8 Å². The number of nitrogens with zero attached hydrogens (tertiary/aromatic N) is 2. The summed E-state index contributed by atoms with van der Waals surface area (Å²) in [5.74, 6) is 0.633. The van der Waals surface area contributed by atoms with Crippen LogP contribution in [0.5, 0.6) is 0 Å². The van der Waals surface area contributed by atoms with Crippen molar-refractivity contribution in [1.82, 2.24) is 4.98 Å². The van der Waals surface area contributed by atoms with E-state index >= 15 is 0 Å². The van der Waals surface area contributed by atoms with Crippen molar-refractivity contribution in [1.29, 1.82) is 0 Å². The van der Waals surface area contributed by atoms with E-state index in [0.717, 1.165) is 44.8 Å². The van der Waals surface area contributed by atoms with Gasteiger partial charge < -0.3 is 20.7 Å². The van der Waals surface area contributed by atoms with Gasteiger partial charge in [0.1, 0.15) is 5.82 Å². The monoisotopic (exact) mass is 404 g/mol. The first-order chi connectivity index (χ1) is 11.7. The molecule has 1 saturated carbocycles. The first-order valence-electron chi connectivity index (χ1n) is 8.99. The number of carbonyl (C=O) groups excluding carboxylic acids is 1. The number of rotatable bonds is 5. The average Bonchev–Trinajstić information content (AvgIpc) is 2.64. The molecule has 3 N–H and O–H groups in total. The van der Waals surface area contributed by atoms with Gasteiger partial charge in [-0.2, -0.15) is 0 Å². The summed E-state index contributed by atoms with van der Waals surface area (Å²) in [5, 5.41) is 2.93. The van der Waals surface area contributed by atoms with Gasteiger partial charge >= 0.3 is 0 Å². The average molecular weight is 405 g/mol. The summed E-state index contributed by atoms with van der Waals surface area (Å²) in [4.78, 5) is 19.0. The van der Waals surface area contributed by atoms with Crippen molar-refractivity contribution in [2.45, 2.75) is 38.5 Å². The van der Waals surface area contributed by atoms with E-state index in [2.05, 4.69) is 15.2 Å². The minimum absolute atomic E-state index is 0. The molecular formula is C18H30Cl2N4O2. The fourth-order valence-corrected chi connectivity index (χ4v) is 3.75. The summed E-state index contributed by atoms with van der Waals surface area (Å²) in [7, 11) is 0. The number of hydrogen-bond acceptors (Lipinski definition) is 5. The molecule has 0 aromatic carbocycles. The maximum Gasteiger partial charge on any atom is 0.226 e. The smallest absolute Gasteiger partial charge is 0.226 e. The van der Waals surface area contributed by atoms with E-state index in [0.29, 0.717) is 18.8 Å². The Morgan fingerprint density at radius 3 is 2.46 bits per heavy atom. The zero-order chi connectivity index (χ0) is 16.8. The Kier molecular flexibility index (Phi) is 9.64. The van der Waals surface area contributed by atoms with Crippen molar-refractivity contribution in [3.8, 4) is 0 Å². The predicted octanol–water partition coefficient (Wildman–Crippen LogP) is 3.00. The minimum Gasteiger partial charge on any atom is -0.378 e.